The predicted octanol–water partition coefficient (Wildman–Crippen LogP) is 2.35. The predicted molar refractivity (Wildman–Crippen MR) is 68.7 cm³/mol. The molecule has 3 N–H and O–H groups in total. The topological polar surface area (TPSA) is 49.5 Å². The molecule has 0 heterocycles. The van der Waals surface area contributed by atoms with Crippen LogP contribution in [0, 0.1) is 5.92 Å². The van der Waals surface area contributed by atoms with Crippen LogP contribution >= 0.6 is 0 Å². The van der Waals surface area contributed by atoms with Crippen LogP contribution in [0.15, 0.2) is 18.2 Å². The fourth-order valence-electron chi connectivity index (χ4n) is 2.37. The highest BCUT2D eigenvalue weighted by molar-refractivity contribution is 5.47. The number of anilines is 1. The van der Waals surface area contributed by atoms with E-state index in [4.69, 9.17) is 5.73 Å². The maximum atomic E-state index is 9.85. The summed E-state index contributed by atoms with van der Waals surface area (Å²) in [5, 5.41) is 9.85. The summed E-state index contributed by atoms with van der Waals surface area (Å²) >= 11 is 0. The number of rotatable bonds is 5. The van der Waals surface area contributed by atoms with Crippen molar-refractivity contribution in [3.05, 3.63) is 23.8 Å². The third kappa shape index (κ3) is 2.72. The van der Waals surface area contributed by atoms with Gasteiger partial charge in [-0.05, 0) is 49.8 Å². The Kier molecular flexibility index (Phi) is 2.71. The molecule has 0 radical (unpaired) electrons. The molecule has 3 heteroatoms. The van der Waals surface area contributed by atoms with Crippen molar-refractivity contribution in [1.82, 2.24) is 4.90 Å². The Hall–Kier alpha value is -1.22. The smallest absolute Gasteiger partial charge is 0.120 e. The lowest BCUT2D eigenvalue weighted by molar-refractivity contribution is 0.241. The molecule has 0 spiro atoms. The lowest BCUT2D eigenvalue weighted by Crippen LogP contribution is -2.27. The van der Waals surface area contributed by atoms with Gasteiger partial charge >= 0.3 is 0 Å². The molecule has 0 atom stereocenters. The lowest BCUT2D eigenvalue weighted by atomic mass is 10.1. The van der Waals surface area contributed by atoms with Crippen LogP contribution in [0.4, 0.5) is 5.69 Å². The van der Waals surface area contributed by atoms with Crippen LogP contribution in [0.2, 0.25) is 0 Å². The van der Waals surface area contributed by atoms with Crippen LogP contribution in [0.25, 0.3) is 0 Å². The first-order valence-corrected chi connectivity index (χ1v) is 6.54. The van der Waals surface area contributed by atoms with Gasteiger partial charge in [-0.1, -0.05) is 0 Å². The summed E-state index contributed by atoms with van der Waals surface area (Å²) in [5.41, 5.74) is 7.48. The van der Waals surface area contributed by atoms with Crippen molar-refractivity contribution in [3.8, 4) is 5.75 Å². The van der Waals surface area contributed by atoms with Crippen molar-refractivity contribution >= 4 is 5.69 Å². The van der Waals surface area contributed by atoms with E-state index in [0.717, 1.165) is 29.8 Å². The highest BCUT2D eigenvalue weighted by Crippen LogP contribution is 2.36. The largest absolute Gasteiger partial charge is 0.508 e. The van der Waals surface area contributed by atoms with Crippen LogP contribution in [0.3, 0.4) is 0 Å². The van der Waals surface area contributed by atoms with Gasteiger partial charge in [0.1, 0.15) is 5.75 Å². The summed E-state index contributed by atoms with van der Waals surface area (Å²) in [6.07, 6.45) is 5.39. The van der Waals surface area contributed by atoms with Crippen molar-refractivity contribution in [2.24, 2.45) is 5.92 Å². The van der Waals surface area contributed by atoms with Gasteiger partial charge in [-0.3, -0.25) is 4.90 Å². The van der Waals surface area contributed by atoms with Crippen molar-refractivity contribution in [2.45, 2.75) is 38.3 Å². The number of phenols is 1. The van der Waals surface area contributed by atoms with Gasteiger partial charge in [-0.25, -0.2) is 0 Å². The minimum atomic E-state index is 0.376. The molecule has 1 aromatic carbocycles. The van der Waals surface area contributed by atoms with E-state index >= 15 is 0 Å². The van der Waals surface area contributed by atoms with Crippen molar-refractivity contribution < 1.29 is 5.11 Å². The standard InChI is InChI=1S/C14H20N2O/c15-12-3-6-14(17)11(7-12)9-16(13-4-5-13)8-10-1-2-10/h3,6-7,10,13,17H,1-2,4-5,8-9,15H2. The van der Waals surface area contributed by atoms with Gasteiger partial charge in [0, 0.05) is 30.4 Å². The van der Waals surface area contributed by atoms with Crippen LogP contribution in [-0.4, -0.2) is 22.6 Å². The summed E-state index contributed by atoms with van der Waals surface area (Å²) in [6, 6.07) is 6.10. The molecule has 17 heavy (non-hydrogen) atoms. The molecule has 0 aliphatic heterocycles. The maximum absolute atomic E-state index is 9.85. The summed E-state index contributed by atoms with van der Waals surface area (Å²) in [7, 11) is 0. The molecule has 0 amide bonds. The van der Waals surface area contributed by atoms with Gasteiger partial charge in [-0.2, -0.15) is 0 Å². The molecular formula is C14H20N2O. The van der Waals surface area contributed by atoms with Crippen LogP contribution < -0.4 is 5.73 Å². The van der Waals surface area contributed by atoms with E-state index in [1.165, 1.54) is 32.2 Å². The van der Waals surface area contributed by atoms with E-state index in [2.05, 4.69) is 4.90 Å². The zero-order valence-corrected chi connectivity index (χ0v) is 10.1. The van der Waals surface area contributed by atoms with E-state index in [9.17, 15) is 5.11 Å². The maximum Gasteiger partial charge on any atom is 0.120 e. The van der Waals surface area contributed by atoms with E-state index in [1.54, 1.807) is 12.1 Å². The molecular weight excluding hydrogens is 212 g/mol. The average Bonchev–Trinajstić information content (AvgIpc) is 3.14. The Morgan fingerprint density at radius 3 is 2.65 bits per heavy atom. The zero-order valence-electron chi connectivity index (χ0n) is 10.1. The number of benzene rings is 1. The monoisotopic (exact) mass is 232 g/mol. The van der Waals surface area contributed by atoms with Crippen LogP contribution in [-0.2, 0) is 6.54 Å². The molecule has 2 aliphatic carbocycles. The van der Waals surface area contributed by atoms with Crippen molar-refractivity contribution in [2.75, 3.05) is 12.3 Å². The number of hydrogen-bond donors (Lipinski definition) is 2. The first-order chi connectivity index (χ1) is 8.22. The summed E-state index contributed by atoms with van der Waals surface area (Å²) in [4.78, 5) is 2.52. The highest BCUT2D eigenvalue weighted by Gasteiger charge is 2.33. The number of phenolic OH excluding ortho intramolecular Hbond substituents is 1. The number of aromatic hydroxyl groups is 1. The lowest BCUT2D eigenvalue weighted by Gasteiger charge is -2.22. The third-order valence-corrected chi connectivity index (χ3v) is 3.73. The Morgan fingerprint density at radius 1 is 1.24 bits per heavy atom. The van der Waals surface area contributed by atoms with Gasteiger partial charge in [0.15, 0.2) is 0 Å². The van der Waals surface area contributed by atoms with Gasteiger partial charge in [-0.15, -0.1) is 0 Å². The first kappa shape index (κ1) is 10.9. The zero-order chi connectivity index (χ0) is 11.8. The summed E-state index contributed by atoms with van der Waals surface area (Å²) in [5.74, 6) is 1.28. The molecule has 0 bridgehead atoms. The normalized spacial score (nSPS) is 19.8. The number of nitrogens with zero attached hydrogens (tertiary/aromatic N) is 1. The van der Waals surface area contributed by atoms with Gasteiger partial charge < -0.3 is 10.8 Å². The Balaban J connectivity index is 1.71. The first-order valence-electron chi connectivity index (χ1n) is 6.54. The minimum Gasteiger partial charge on any atom is -0.508 e. The van der Waals surface area contributed by atoms with Gasteiger partial charge in [0.25, 0.3) is 0 Å². The second kappa shape index (κ2) is 4.22. The van der Waals surface area contributed by atoms with Crippen LogP contribution in [0.1, 0.15) is 31.2 Å². The second-order valence-corrected chi connectivity index (χ2v) is 5.49. The highest BCUT2D eigenvalue weighted by atomic mass is 16.3. The fraction of sp³-hybridized carbons (Fsp3) is 0.571. The van der Waals surface area contributed by atoms with E-state index < -0.39 is 0 Å². The van der Waals surface area contributed by atoms with Crippen molar-refractivity contribution in [1.29, 1.82) is 0 Å². The molecule has 0 unspecified atom stereocenters. The summed E-state index contributed by atoms with van der Waals surface area (Å²) < 4.78 is 0. The Labute approximate surface area is 102 Å². The number of nitrogen functional groups attached to an aromatic ring is 1. The molecule has 0 aromatic heterocycles. The molecule has 3 rings (SSSR count). The second-order valence-electron chi connectivity index (χ2n) is 5.49. The molecule has 3 nitrogen and oxygen atoms in total. The molecule has 2 aliphatic rings. The van der Waals surface area contributed by atoms with Crippen LogP contribution in [0.5, 0.6) is 5.75 Å². The quantitative estimate of drug-likeness (QED) is 0.605. The Morgan fingerprint density at radius 2 is 2.00 bits per heavy atom. The van der Waals surface area contributed by atoms with E-state index in [0.29, 0.717) is 5.75 Å². The van der Waals surface area contributed by atoms with Gasteiger partial charge in [0.05, 0.1) is 0 Å². The minimum absolute atomic E-state index is 0.376. The SMILES string of the molecule is Nc1ccc(O)c(CN(CC2CC2)C2CC2)c1. The van der Waals surface area contributed by atoms with Gasteiger partial charge in [0.2, 0.25) is 0 Å². The Bertz CT molecular complexity index is 411. The average molecular weight is 232 g/mol. The molecule has 2 fully saturated rings. The molecule has 0 saturated heterocycles. The summed E-state index contributed by atoms with van der Waals surface area (Å²) in [6.45, 7) is 2.04. The number of nitrogens with two attached hydrogens (primary N) is 1. The third-order valence-electron chi connectivity index (χ3n) is 3.73. The molecule has 1 aromatic rings. The fourth-order valence-corrected chi connectivity index (χ4v) is 2.37. The molecule has 92 valence electrons. The van der Waals surface area contributed by atoms with E-state index in [-0.39, 0.29) is 0 Å². The van der Waals surface area contributed by atoms with E-state index in [1.807, 2.05) is 6.07 Å². The molecule has 2 saturated carbocycles. The number of hydrogen-bond acceptors (Lipinski definition) is 3. The van der Waals surface area contributed by atoms with Crippen molar-refractivity contribution in [3.63, 3.8) is 0 Å².